The Labute approximate surface area is 260 Å². The maximum absolute atomic E-state index is 13.2. The van der Waals surface area contributed by atoms with Crippen LogP contribution in [0.25, 0.3) is 6.08 Å². The van der Waals surface area contributed by atoms with Crippen LogP contribution in [-0.2, 0) is 26.5 Å². The molecule has 0 radical (unpaired) electrons. The van der Waals surface area contributed by atoms with Crippen LogP contribution >= 0.6 is 15.9 Å². The van der Waals surface area contributed by atoms with E-state index in [-0.39, 0.29) is 18.1 Å². The highest BCUT2D eigenvalue weighted by Gasteiger charge is 2.37. The fourth-order valence-electron chi connectivity index (χ4n) is 5.64. The molecule has 0 atom stereocenters. The zero-order chi connectivity index (χ0) is 30.0. The summed E-state index contributed by atoms with van der Waals surface area (Å²) in [6.45, 7) is 2.50. The van der Waals surface area contributed by atoms with Crippen LogP contribution in [0.15, 0.2) is 52.6 Å². The monoisotopic (exact) mass is 635 g/mol. The van der Waals surface area contributed by atoms with E-state index in [1.165, 1.54) is 63.9 Å². The van der Waals surface area contributed by atoms with Crippen molar-refractivity contribution in [3.8, 4) is 6.07 Å². The number of amides is 1. The maximum atomic E-state index is 13.2. The zero-order valence-corrected chi connectivity index (χ0v) is 26.7. The fraction of sp³-hybridized carbons (Fsp3) is 0.543. The van der Waals surface area contributed by atoms with Crippen molar-refractivity contribution in [2.24, 2.45) is 0 Å². The first-order chi connectivity index (χ1) is 20.5. The molecule has 1 amide bonds. The van der Waals surface area contributed by atoms with Crippen LogP contribution in [0.5, 0.6) is 0 Å². The van der Waals surface area contributed by atoms with Crippen molar-refractivity contribution < 1.29 is 14.3 Å². The number of benzene rings is 1. The second-order valence-corrected chi connectivity index (χ2v) is 12.3. The summed E-state index contributed by atoms with van der Waals surface area (Å²) in [6, 6.07) is 15.3. The molecule has 3 rings (SSSR count). The van der Waals surface area contributed by atoms with E-state index in [1.54, 1.807) is 12.1 Å². The third-order valence-corrected chi connectivity index (χ3v) is 8.54. The number of rotatable bonds is 18. The van der Waals surface area contributed by atoms with Gasteiger partial charge in [-0.25, -0.2) is 4.98 Å². The predicted octanol–water partition coefficient (Wildman–Crippen LogP) is 9.08. The first-order valence-corrected chi connectivity index (χ1v) is 16.6. The topological polar surface area (TPSA) is 92.1 Å². The van der Waals surface area contributed by atoms with Crippen LogP contribution < -0.4 is 5.32 Å². The molecular formula is C35H46BrN3O3. The predicted molar refractivity (Wildman–Crippen MR) is 171 cm³/mol. The highest BCUT2D eigenvalue weighted by Crippen LogP contribution is 2.39. The molecule has 0 unspecified atom stereocenters. The lowest BCUT2D eigenvalue weighted by Crippen LogP contribution is -2.44. The number of esters is 1. The lowest BCUT2D eigenvalue weighted by molar-refractivity contribution is -0.145. The first kappa shape index (κ1) is 33.5. The molecule has 1 saturated carbocycles. The van der Waals surface area contributed by atoms with Crippen LogP contribution in [0.1, 0.15) is 126 Å². The number of carbonyl (C=O) groups is 2. The molecule has 1 aromatic heterocycles. The van der Waals surface area contributed by atoms with E-state index in [4.69, 9.17) is 4.74 Å². The molecule has 2 aromatic rings. The van der Waals surface area contributed by atoms with Gasteiger partial charge in [0.1, 0.15) is 22.9 Å². The molecule has 1 aliphatic rings. The van der Waals surface area contributed by atoms with Gasteiger partial charge >= 0.3 is 5.97 Å². The molecule has 0 spiro atoms. The van der Waals surface area contributed by atoms with Gasteiger partial charge in [-0.3, -0.25) is 9.59 Å². The Morgan fingerprint density at radius 1 is 0.952 bits per heavy atom. The third-order valence-electron chi connectivity index (χ3n) is 8.09. The van der Waals surface area contributed by atoms with Crippen molar-refractivity contribution in [3.05, 3.63) is 69.5 Å². The molecule has 42 heavy (non-hydrogen) atoms. The van der Waals surface area contributed by atoms with E-state index >= 15 is 0 Å². The van der Waals surface area contributed by atoms with E-state index in [1.807, 2.05) is 36.4 Å². The molecule has 1 aromatic carbocycles. The molecule has 7 heteroatoms. The quantitative estimate of drug-likeness (QED) is 0.0580. The summed E-state index contributed by atoms with van der Waals surface area (Å²) in [5, 5.41) is 12.8. The van der Waals surface area contributed by atoms with Crippen LogP contribution in [-0.4, -0.2) is 16.9 Å². The van der Waals surface area contributed by atoms with E-state index in [0.29, 0.717) is 16.7 Å². The van der Waals surface area contributed by atoms with Gasteiger partial charge in [0, 0.05) is 6.42 Å². The summed E-state index contributed by atoms with van der Waals surface area (Å²) in [5.41, 5.74) is 1.96. The van der Waals surface area contributed by atoms with Gasteiger partial charge in [0.05, 0.1) is 11.2 Å². The Balaban J connectivity index is 1.42. The minimum absolute atomic E-state index is 0.0215. The molecule has 0 bridgehead atoms. The minimum atomic E-state index is -0.526. The number of nitriles is 1. The number of hydrogen-bond acceptors (Lipinski definition) is 5. The Kier molecular flexibility index (Phi) is 14.8. The number of carbonyl (C=O) groups excluding carboxylic acids is 2. The summed E-state index contributed by atoms with van der Waals surface area (Å²) >= 11 is 3.32. The fourth-order valence-corrected chi connectivity index (χ4v) is 6.00. The number of halogens is 1. The molecule has 1 fully saturated rings. The number of nitrogens with one attached hydrogen (secondary N) is 1. The van der Waals surface area contributed by atoms with E-state index in [2.05, 4.69) is 33.2 Å². The number of unbranched alkanes of at least 4 members (excludes halogenated alkanes) is 10. The lowest BCUT2D eigenvalue weighted by Gasteiger charge is -2.31. The molecule has 1 N–H and O–H groups in total. The van der Waals surface area contributed by atoms with Crippen LogP contribution in [0.3, 0.4) is 0 Å². The van der Waals surface area contributed by atoms with Gasteiger partial charge in [-0.2, -0.15) is 5.26 Å². The van der Waals surface area contributed by atoms with Gasteiger partial charge < -0.3 is 10.1 Å². The molecular weight excluding hydrogens is 590 g/mol. The summed E-state index contributed by atoms with van der Waals surface area (Å²) in [5.74, 6) is -0.549. The van der Waals surface area contributed by atoms with Crippen LogP contribution in [0.2, 0.25) is 0 Å². The van der Waals surface area contributed by atoms with Gasteiger partial charge in [-0.15, -0.1) is 0 Å². The summed E-state index contributed by atoms with van der Waals surface area (Å²) < 4.78 is 6.16. The Hall–Kier alpha value is -2.98. The van der Waals surface area contributed by atoms with Crippen molar-refractivity contribution >= 4 is 33.9 Å². The molecule has 0 saturated heterocycles. The van der Waals surface area contributed by atoms with Gasteiger partial charge in [0.25, 0.3) is 5.91 Å². The van der Waals surface area contributed by atoms with Gasteiger partial charge in [-0.1, -0.05) is 114 Å². The van der Waals surface area contributed by atoms with Crippen molar-refractivity contribution in [2.75, 3.05) is 0 Å². The molecule has 1 heterocycles. The van der Waals surface area contributed by atoms with E-state index in [9.17, 15) is 14.9 Å². The Morgan fingerprint density at radius 3 is 2.17 bits per heavy atom. The number of nitrogens with zero attached hydrogens (tertiary/aromatic N) is 2. The number of hydrogen-bond donors (Lipinski definition) is 1. The van der Waals surface area contributed by atoms with Crippen molar-refractivity contribution in [1.82, 2.24) is 10.3 Å². The van der Waals surface area contributed by atoms with Crippen molar-refractivity contribution in [3.63, 3.8) is 0 Å². The highest BCUT2D eigenvalue weighted by atomic mass is 79.9. The Bertz CT molecular complexity index is 1200. The van der Waals surface area contributed by atoms with Crippen molar-refractivity contribution in [1.29, 1.82) is 5.26 Å². The SMILES string of the molecule is CCCCCCCCCCCCCC(=O)OCc1ccc(C2(NC(=O)C(C#N)=Cc3cccc(Br)n3)CCCC2)cc1. The normalized spacial score (nSPS) is 14.4. The number of pyridine rings is 1. The zero-order valence-electron chi connectivity index (χ0n) is 25.1. The van der Waals surface area contributed by atoms with Crippen molar-refractivity contribution in [2.45, 2.75) is 122 Å². The Morgan fingerprint density at radius 2 is 1.57 bits per heavy atom. The summed E-state index contributed by atoms with van der Waals surface area (Å²) in [7, 11) is 0. The number of ether oxygens (including phenoxy) is 1. The molecule has 226 valence electrons. The second-order valence-electron chi connectivity index (χ2n) is 11.4. The maximum Gasteiger partial charge on any atom is 0.306 e. The van der Waals surface area contributed by atoms with Gasteiger partial charge in [-0.05, 0) is 64.5 Å². The van der Waals surface area contributed by atoms with E-state index in [0.717, 1.165) is 49.7 Å². The molecule has 1 aliphatic carbocycles. The standard InChI is InChI=1S/C35H46BrN3O3/c1-2-3-4-5-6-7-8-9-10-11-12-18-33(40)42-27-28-19-21-30(22-20-28)35(23-13-14-24-35)39-34(41)29(26-37)25-31-16-15-17-32(36)38-31/h15-17,19-22,25H,2-14,18,23-24,27H2,1H3,(H,39,41). The third kappa shape index (κ3) is 11.4. The highest BCUT2D eigenvalue weighted by molar-refractivity contribution is 9.10. The minimum Gasteiger partial charge on any atom is -0.461 e. The first-order valence-electron chi connectivity index (χ1n) is 15.8. The molecule has 6 nitrogen and oxygen atoms in total. The average Bonchev–Trinajstić information content (AvgIpc) is 3.47. The van der Waals surface area contributed by atoms with Gasteiger partial charge in [0.15, 0.2) is 0 Å². The summed E-state index contributed by atoms with van der Waals surface area (Å²) in [4.78, 5) is 29.7. The molecule has 0 aliphatic heterocycles. The smallest absolute Gasteiger partial charge is 0.306 e. The van der Waals surface area contributed by atoms with E-state index < -0.39 is 11.4 Å². The number of aromatic nitrogens is 1. The second kappa shape index (κ2) is 18.5. The largest absolute Gasteiger partial charge is 0.461 e. The summed E-state index contributed by atoms with van der Waals surface area (Å²) in [6.07, 6.45) is 19.4. The van der Waals surface area contributed by atoms with Crippen LogP contribution in [0.4, 0.5) is 0 Å². The average molecular weight is 637 g/mol. The van der Waals surface area contributed by atoms with Crippen LogP contribution in [0, 0.1) is 11.3 Å². The van der Waals surface area contributed by atoms with Gasteiger partial charge in [0.2, 0.25) is 0 Å². The lowest BCUT2D eigenvalue weighted by atomic mass is 9.87.